The molecule has 8 heteroatoms. The molecule has 3 aromatic heterocycles. The fraction of sp³-hybridized carbons (Fsp3) is 0.393. The number of nitrogens with one attached hydrogen (secondary N) is 1. The number of hydrogen-bond donors (Lipinski definition) is 2. The number of aliphatic hydroxyl groups is 1. The Morgan fingerprint density at radius 1 is 1.22 bits per heavy atom. The number of carbonyl (C=O) groups is 1. The summed E-state index contributed by atoms with van der Waals surface area (Å²) in [6.07, 6.45) is 7.16. The fourth-order valence-electron chi connectivity index (χ4n) is 5.22. The lowest BCUT2D eigenvalue weighted by Crippen LogP contribution is -2.47. The maximum Gasteiger partial charge on any atom is 0.274 e. The number of likely N-dealkylation sites (tertiary alicyclic amines) is 1. The van der Waals surface area contributed by atoms with Crippen molar-refractivity contribution in [2.24, 2.45) is 5.92 Å². The minimum atomic E-state index is -0.572. The van der Waals surface area contributed by atoms with Crippen LogP contribution in [0.25, 0.3) is 16.8 Å². The van der Waals surface area contributed by atoms with E-state index in [1.165, 1.54) is 11.1 Å². The molecule has 0 radical (unpaired) electrons. The minimum absolute atomic E-state index is 0.120. The molecule has 1 amide bonds. The number of β-amino-alcohol motifs (C(OH)–C–C–N with tert-alkyl or cyclic N) is 1. The normalized spacial score (nSPS) is 18.2. The zero-order valence-corrected chi connectivity index (χ0v) is 21.1. The average Bonchev–Trinajstić information content (AvgIpc) is 3.51. The van der Waals surface area contributed by atoms with Crippen molar-refractivity contribution in [2.75, 3.05) is 20.1 Å². The number of aromatic nitrogens is 3. The van der Waals surface area contributed by atoms with Crippen molar-refractivity contribution in [1.29, 1.82) is 0 Å². The first-order valence-corrected chi connectivity index (χ1v) is 12.6. The van der Waals surface area contributed by atoms with Crippen LogP contribution in [0.4, 0.5) is 0 Å². The van der Waals surface area contributed by atoms with Gasteiger partial charge in [0.2, 0.25) is 0 Å². The van der Waals surface area contributed by atoms with Gasteiger partial charge in [0, 0.05) is 43.2 Å². The van der Waals surface area contributed by atoms with Crippen molar-refractivity contribution in [2.45, 2.75) is 45.8 Å². The largest absolute Gasteiger partial charge is 0.391 e. The van der Waals surface area contributed by atoms with E-state index < -0.39 is 6.10 Å². The molecule has 0 saturated carbocycles. The predicted octanol–water partition coefficient (Wildman–Crippen LogP) is 3.65. The first kappa shape index (κ1) is 24.2. The summed E-state index contributed by atoms with van der Waals surface area (Å²) >= 11 is 0. The number of fused-ring (bicyclic) bond motifs is 1. The molecule has 2 unspecified atom stereocenters. The number of aryl methyl sites for hydroxylation is 2. The van der Waals surface area contributed by atoms with Gasteiger partial charge in [-0.3, -0.25) is 4.79 Å². The van der Waals surface area contributed by atoms with Crippen LogP contribution in [-0.2, 0) is 19.4 Å². The standard InChI is InChI=1S/C28H33N5O3/c1-4-19-11-23(24-17-36-31-18(24)2)14-33-15-25(30-27(19)33)28(35)32-10-9-21(26(34)16-32)12-20-7-5-6-8-22(20)13-29-3/h5-8,11,14-15,17,21,26,29,34H,4,9-10,12-13,16H2,1-3H3. The molecule has 2 N–H and O–H groups in total. The number of carbonyl (C=O) groups excluding carboxylic acids is 1. The first-order chi connectivity index (χ1) is 17.5. The van der Waals surface area contributed by atoms with E-state index in [9.17, 15) is 9.90 Å². The summed E-state index contributed by atoms with van der Waals surface area (Å²) in [6.45, 7) is 5.71. The Morgan fingerprint density at radius 2 is 2.03 bits per heavy atom. The smallest absolute Gasteiger partial charge is 0.274 e. The van der Waals surface area contributed by atoms with Gasteiger partial charge < -0.3 is 24.2 Å². The van der Waals surface area contributed by atoms with E-state index in [0.29, 0.717) is 18.8 Å². The molecule has 1 aromatic carbocycles. The highest BCUT2D eigenvalue weighted by molar-refractivity contribution is 5.93. The predicted molar refractivity (Wildman–Crippen MR) is 138 cm³/mol. The van der Waals surface area contributed by atoms with Crippen molar-refractivity contribution in [3.8, 4) is 11.1 Å². The number of nitrogens with zero attached hydrogens (tertiary/aromatic N) is 4. The molecule has 0 aliphatic carbocycles. The molecular weight excluding hydrogens is 454 g/mol. The molecule has 5 rings (SSSR count). The lowest BCUT2D eigenvalue weighted by molar-refractivity contribution is 0.0194. The van der Waals surface area contributed by atoms with Gasteiger partial charge in [-0.25, -0.2) is 4.98 Å². The zero-order valence-electron chi connectivity index (χ0n) is 21.1. The lowest BCUT2D eigenvalue weighted by atomic mass is 9.86. The Hall–Kier alpha value is -3.49. The summed E-state index contributed by atoms with van der Waals surface area (Å²) in [5, 5.41) is 18.2. The highest BCUT2D eigenvalue weighted by Gasteiger charge is 2.32. The Kier molecular flexibility index (Phi) is 6.89. The SMILES string of the molecule is CCc1cc(-c2conc2C)cn2cc(C(=O)N3CCC(Cc4ccccc4CNC)C(O)C3)nc12. The van der Waals surface area contributed by atoms with E-state index in [4.69, 9.17) is 9.51 Å². The quantitative estimate of drug-likeness (QED) is 0.413. The van der Waals surface area contributed by atoms with Crippen molar-refractivity contribution in [1.82, 2.24) is 24.8 Å². The number of piperidine rings is 1. The third-order valence-corrected chi connectivity index (χ3v) is 7.26. The molecule has 1 aliphatic heterocycles. The Labute approximate surface area is 210 Å². The summed E-state index contributed by atoms with van der Waals surface area (Å²) in [7, 11) is 1.94. The van der Waals surface area contributed by atoms with Gasteiger partial charge in [0.15, 0.2) is 0 Å². The average molecular weight is 488 g/mol. The molecule has 0 bridgehead atoms. The number of imidazole rings is 1. The van der Waals surface area contributed by atoms with Crippen molar-refractivity contribution in [3.05, 3.63) is 77.1 Å². The van der Waals surface area contributed by atoms with E-state index in [2.05, 4.69) is 35.6 Å². The molecule has 188 valence electrons. The van der Waals surface area contributed by atoms with E-state index in [-0.39, 0.29) is 11.8 Å². The molecular formula is C28H33N5O3. The Bertz CT molecular complexity index is 1370. The molecule has 2 atom stereocenters. The van der Waals surface area contributed by atoms with Gasteiger partial charge in [0.25, 0.3) is 5.91 Å². The monoisotopic (exact) mass is 487 g/mol. The molecule has 4 aromatic rings. The van der Waals surface area contributed by atoms with E-state index >= 15 is 0 Å². The summed E-state index contributed by atoms with van der Waals surface area (Å²) in [6, 6.07) is 10.4. The molecule has 1 fully saturated rings. The van der Waals surface area contributed by atoms with Gasteiger partial charge in [-0.15, -0.1) is 0 Å². The lowest BCUT2D eigenvalue weighted by Gasteiger charge is -2.36. The highest BCUT2D eigenvalue weighted by atomic mass is 16.5. The van der Waals surface area contributed by atoms with Gasteiger partial charge in [-0.2, -0.15) is 0 Å². The second kappa shape index (κ2) is 10.2. The van der Waals surface area contributed by atoms with Crippen LogP contribution in [-0.4, -0.2) is 56.7 Å². The zero-order chi connectivity index (χ0) is 25.2. The highest BCUT2D eigenvalue weighted by Crippen LogP contribution is 2.28. The number of benzene rings is 1. The van der Waals surface area contributed by atoms with Crippen molar-refractivity contribution < 1.29 is 14.4 Å². The van der Waals surface area contributed by atoms with Gasteiger partial charge in [0.1, 0.15) is 17.6 Å². The molecule has 0 spiro atoms. The van der Waals surface area contributed by atoms with Gasteiger partial charge in [0.05, 0.1) is 11.8 Å². The Balaban J connectivity index is 1.33. The number of aliphatic hydroxyl groups excluding tert-OH is 1. The van der Waals surface area contributed by atoms with E-state index in [1.807, 2.05) is 36.7 Å². The minimum Gasteiger partial charge on any atom is -0.391 e. The van der Waals surface area contributed by atoms with Crippen LogP contribution in [0, 0.1) is 12.8 Å². The number of hydrogen-bond acceptors (Lipinski definition) is 6. The molecule has 1 aliphatic rings. The maximum absolute atomic E-state index is 13.4. The van der Waals surface area contributed by atoms with Crippen LogP contribution in [0.1, 0.15) is 46.2 Å². The van der Waals surface area contributed by atoms with Gasteiger partial charge in [-0.05, 0) is 61.9 Å². The summed E-state index contributed by atoms with van der Waals surface area (Å²) in [4.78, 5) is 19.8. The van der Waals surface area contributed by atoms with Crippen LogP contribution in [0.5, 0.6) is 0 Å². The van der Waals surface area contributed by atoms with E-state index in [0.717, 1.165) is 53.8 Å². The topological polar surface area (TPSA) is 95.9 Å². The number of rotatable bonds is 7. The Morgan fingerprint density at radius 3 is 2.72 bits per heavy atom. The summed E-state index contributed by atoms with van der Waals surface area (Å²) < 4.78 is 7.03. The van der Waals surface area contributed by atoms with Crippen molar-refractivity contribution >= 4 is 11.6 Å². The molecule has 36 heavy (non-hydrogen) atoms. The fourth-order valence-corrected chi connectivity index (χ4v) is 5.22. The maximum atomic E-state index is 13.4. The van der Waals surface area contributed by atoms with Crippen molar-refractivity contribution in [3.63, 3.8) is 0 Å². The molecule has 4 heterocycles. The van der Waals surface area contributed by atoms with Gasteiger partial charge >= 0.3 is 0 Å². The van der Waals surface area contributed by atoms with Gasteiger partial charge in [-0.1, -0.05) is 36.3 Å². The van der Waals surface area contributed by atoms with Crippen LogP contribution >= 0.6 is 0 Å². The molecule has 8 nitrogen and oxygen atoms in total. The van der Waals surface area contributed by atoms with Crippen LogP contribution in [0.2, 0.25) is 0 Å². The first-order valence-electron chi connectivity index (χ1n) is 12.6. The second-order valence-electron chi connectivity index (χ2n) is 9.65. The second-order valence-corrected chi connectivity index (χ2v) is 9.65. The number of amides is 1. The summed E-state index contributed by atoms with van der Waals surface area (Å²) in [5.74, 6) is -0.0225. The summed E-state index contributed by atoms with van der Waals surface area (Å²) in [5.41, 5.74) is 7.44. The number of pyridine rings is 1. The van der Waals surface area contributed by atoms with Crippen LogP contribution in [0.15, 0.2) is 53.5 Å². The van der Waals surface area contributed by atoms with Crippen LogP contribution < -0.4 is 5.32 Å². The van der Waals surface area contributed by atoms with E-state index in [1.54, 1.807) is 17.4 Å². The molecule has 1 saturated heterocycles. The third kappa shape index (κ3) is 4.66. The van der Waals surface area contributed by atoms with Crippen LogP contribution in [0.3, 0.4) is 0 Å². The third-order valence-electron chi connectivity index (χ3n) is 7.26.